The number of hydrogen-bond donors (Lipinski definition) is 4. The summed E-state index contributed by atoms with van der Waals surface area (Å²) in [4.78, 5) is 54.6. The van der Waals surface area contributed by atoms with Crippen molar-refractivity contribution in [2.45, 2.75) is 100 Å². The zero-order valence-electron chi connectivity index (χ0n) is 37.5. The number of carbonyl (C=O) groups is 2. The summed E-state index contributed by atoms with van der Waals surface area (Å²) < 4.78 is 74.8. The van der Waals surface area contributed by atoms with Gasteiger partial charge in [-0.15, -0.1) is 0 Å². The van der Waals surface area contributed by atoms with Crippen molar-refractivity contribution in [3.8, 4) is 0 Å². The highest BCUT2D eigenvalue weighted by atomic mass is 32.2. The van der Waals surface area contributed by atoms with Crippen molar-refractivity contribution in [3.05, 3.63) is 64.2 Å². The number of halogens is 3. The number of aromatic nitrogens is 4. The topological polar surface area (TPSA) is 190 Å². The van der Waals surface area contributed by atoms with Gasteiger partial charge < -0.3 is 25.1 Å². The maximum Gasteiger partial charge on any atom is 0.421 e. The number of hydrogen-bond acceptors (Lipinski definition) is 13. The van der Waals surface area contributed by atoms with Crippen molar-refractivity contribution in [2.24, 2.45) is 13.0 Å². The van der Waals surface area contributed by atoms with Gasteiger partial charge in [-0.3, -0.25) is 28.9 Å². The first-order valence-corrected chi connectivity index (χ1v) is 24.4. The van der Waals surface area contributed by atoms with E-state index in [2.05, 4.69) is 40.0 Å². The number of aryl methyl sites for hydroxylation is 2. The number of sulfonamides is 1. The van der Waals surface area contributed by atoms with E-state index in [0.29, 0.717) is 54.5 Å². The van der Waals surface area contributed by atoms with Gasteiger partial charge in [-0.2, -0.15) is 18.2 Å². The molecule has 17 nitrogen and oxygen atoms in total. The molecule has 5 fully saturated rings. The summed E-state index contributed by atoms with van der Waals surface area (Å²) in [5, 5.41) is 15.9. The Morgan fingerprint density at radius 1 is 0.939 bits per heavy atom. The van der Waals surface area contributed by atoms with Gasteiger partial charge in [-0.05, 0) is 107 Å². The molecule has 356 valence electrons. The first-order valence-electron chi connectivity index (χ1n) is 22.9. The van der Waals surface area contributed by atoms with Crippen LogP contribution in [0.2, 0.25) is 0 Å². The number of piperidine rings is 3. The van der Waals surface area contributed by atoms with Crippen LogP contribution in [0.5, 0.6) is 0 Å². The Hall–Kier alpha value is -5.09. The number of fused-ring (bicyclic) bond motifs is 1. The summed E-state index contributed by atoms with van der Waals surface area (Å²) in [6.45, 7) is 10.2. The largest absolute Gasteiger partial charge is 0.421 e. The smallest absolute Gasteiger partial charge is 0.388 e. The number of imidazole rings is 1. The third-order valence-corrected chi connectivity index (χ3v) is 15.8. The van der Waals surface area contributed by atoms with Gasteiger partial charge in [0.15, 0.2) is 0 Å². The maximum atomic E-state index is 14.0. The number of rotatable bonds is 11. The number of anilines is 4. The van der Waals surface area contributed by atoms with Crippen LogP contribution in [-0.4, -0.2) is 131 Å². The van der Waals surface area contributed by atoms with Gasteiger partial charge in [0, 0.05) is 102 Å². The van der Waals surface area contributed by atoms with Crippen molar-refractivity contribution >= 4 is 56.0 Å². The van der Waals surface area contributed by atoms with Crippen molar-refractivity contribution in [1.29, 1.82) is 0 Å². The number of alkyl halides is 3. The highest BCUT2D eigenvalue weighted by Gasteiger charge is 2.41. The number of imide groups is 1. The lowest BCUT2D eigenvalue weighted by molar-refractivity contribution is -0.138. The summed E-state index contributed by atoms with van der Waals surface area (Å²) in [6, 6.07) is 9.89. The molecule has 2 aromatic carbocycles. The van der Waals surface area contributed by atoms with Crippen molar-refractivity contribution in [2.75, 3.05) is 74.0 Å². The van der Waals surface area contributed by atoms with E-state index in [9.17, 15) is 41.1 Å². The molecule has 66 heavy (non-hydrogen) atoms. The molecule has 4 aliphatic heterocycles. The van der Waals surface area contributed by atoms with Crippen LogP contribution in [0.25, 0.3) is 11.0 Å². The second-order valence-corrected chi connectivity index (χ2v) is 20.8. The lowest BCUT2D eigenvalue weighted by Gasteiger charge is -2.47. The summed E-state index contributed by atoms with van der Waals surface area (Å²) >= 11 is 0. The van der Waals surface area contributed by atoms with Crippen LogP contribution in [0.4, 0.5) is 36.3 Å². The Bertz CT molecular complexity index is 2670. The maximum absolute atomic E-state index is 14.0. The molecular formula is C45H58F3N11O6S. The van der Waals surface area contributed by atoms with Crippen molar-refractivity contribution in [1.82, 2.24) is 38.9 Å². The van der Waals surface area contributed by atoms with Gasteiger partial charge in [-0.1, -0.05) is 0 Å². The van der Waals surface area contributed by atoms with E-state index in [-0.39, 0.29) is 47.3 Å². The number of amides is 2. The number of carbonyl (C=O) groups excluding carboxylic acids is 2. The zero-order chi connectivity index (χ0) is 46.7. The van der Waals surface area contributed by atoms with E-state index in [0.717, 1.165) is 88.9 Å². The molecule has 0 spiro atoms. The van der Waals surface area contributed by atoms with Crippen LogP contribution >= 0.6 is 0 Å². The molecule has 4 aromatic rings. The summed E-state index contributed by atoms with van der Waals surface area (Å²) in [6.07, 6.45) is 1.05. The summed E-state index contributed by atoms with van der Waals surface area (Å²) in [7, 11) is -2.13. The van der Waals surface area contributed by atoms with Crippen LogP contribution in [0.15, 0.2) is 52.3 Å². The van der Waals surface area contributed by atoms with E-state index >= 15 is 0 Å². The fraction of sp³-hybridized carbons (Fsp3) is 0.578. The molecule has 21 heteroatoms. The number of β-amino-alcohol motifs (C(OH)–C–C–N with tert-alkyl or cyclic N) is 1. The number of piperazine rings is 1. The second kappa shape index (κ2) is 17.9. The summed E-state index contributed by atoms with van der Waals surface area (Å²) in [5.74, 6) is -0.583. The van der Waals surface area contributed by atoms with E-state index < -0.39 is 39.3 Å². The molecule has 5 aliphatic rings. The molecule has 1 saturated carbocycles. The minimum Gasteiger partial charge on any atom is -0.388 e. The van der Waals surface area contributed by atoms with Gasteiger partial charge in [0.1, 0.15) is 17.4 Å². The molecule has 2 amide bonds. The van der Waals surface area contributed by atoms with Crippen molar-refractivity contribution < 1.29 is 36.3 Å². The predicted molar refractivity (Wildman–Crippen MR) is 242 cm³/mol. The highest BCUT2D eigenvalue weighted by Crippen LogP contribution is 2.38. The average molecular weight is 938 g/mol. The Balaban J connectivity index is 0.726. The van der Waals surface area contributed by atoms with Gasteiger partial charge in [0.25, 0.3) is 0 Å². The van der Waals surface area contributed by atoms with Crippen LogP contribution in [-0.2, 0) is 32.8 Å². The Kier molecular flexibility index (Phi) is 12.5. The van der Waals surface area contributed by atoms with Crippen LogP contribution in [0.3, 0.4) is 0 Å². The predicted octanol–water partition coefficient (Wildman–Crippen LogP) is 3.87. The molecule has 4 saturated heterocycles. The SMILES string of the molecule is Cc1cc(S(=O)(=O)NC2CC(N3CCN(CC4CCN(c5ccc6c(c5)n(C)c(=O)n6C5CCC(=O)NC5=O)CC4)CC3)C2)ccc1Nc1ncc(C(F)(F)F)c(N2CCCC(C)(O)C2)n1. The fourth-order valence-corrected chi connectivity index (χ4v) is 11.8. The van der Waals surface area contributed by atoms with Gasteiger partial charge >= 0.3 is 11.9 Å². The fourth-order valence-electron chi connectivity index (χ4n) is 10.4. The van der Waals surface area contributed by atoms with Gasteiger partial charge in [-0.25, -0.2) is 22.9 Å². The zero-order valence-corrected chi connectivity index (χ0v) is 38.3. The molecule has 2 aromatic heterocycles. The van der Waals surface area contributed by atoms with Gasteiger partial charge in [0.05, 0.1) is 21.5 Å². The quantitative estimate of drug-likeness (QED) is 0.159. The van der Waals surface area contributed by atoms with E-state index in [1.807, 2.05) is 18.2 Å². The molecule has 9 rings (SSSR count). The van der Waals surface area contributed by atoms with E-state index in [1.54, 1.807) is 31.5 Å². The molecule has 6 heterocycles. The number of nitrogens with zero attached hydrogens (tertiary/aromatic N) is 8. The lowest BCUT2D eigenvalue weighted by Crippen LogP contribution is -2.58. The first-order chi connectivity index (χ1) is 31.3. The minimum atomic E-state index is -4.70. The highest BCUT2D eigenvalue weighted by molar-refractivity contribution is 7.89. The standard InChI is InChI=1S/C45H58F3N11O6S/c1-28-21-33(6-7-35(28)50-42-49-25-34(45(46,47)48)40(52-42)58-14-4-13-44(2,63)27-58)66(64,65)53-30-22-32(23-30)57-19-17-55(18-20-57)26-29-11-15-56(16-12-29)31-5-8-36-38(24-31)54(3)43(62)59(36)37-9-10-39(60)51-41(37)61/h5-8,21,24-25,29-30,32,37,53,63H,4,9-20,22-23,26-27H2,1-3H3,(H,49,50,52)(H,51,60,61). The molecule has 2 unspecified atom stereocenters. The van der Waals surface area contributed by atoms with Crippen molar-refractivity contribution in [3.63, 3.8) is 0 Å². The minimum absolute atomic E-state index is 0.00539. The molecule has 0 bridgehead atoms. The monoisotopic (exact) mass is 937 g/mol. The Labute approximate surface area is 381 Å². The first kappa shape index (κ1) is 46.0. The molecule has 4 N–H and O–H groups in total. The normalized spacial score (nSPS) is 25.3. The van der Waals surface area contributed by atoms with E-state index in [4.69, 9.17) is 0 Å². The third-order valence-electron chi connectivity index (χ3n) is 14.3. The number of aliphatic hydroxyl groups is 1. The second-order valence-electron chi connectivity index (χ2n) is 19.1. The van der Waals surface area contributed by atoms with Gasteiger partial charge in [0.2, 0.25) is 27.8 Å². The Morgan fingerprint density at radius 2 is 1.68 bits per heavy atom. The molecule has 0 radical (unpaired) electrons. The van der Waals surface area contributed by atoms with E-state index in [1.165, 1.54) is 21.6 Å². The Morgan fingerprint density at radius 3 is 2.36 bits per heavy atom. The van der Waals surface area contributed by atoms with Crippen LogP contribution < -0.4 is 30.8 Å². The third kappa shape index (κ3) is 9.54. The molecular weight excluding hydrogens is 880 g/mol. The lowest BCUT2D eigenvalue weighted by atomic mass is 9.86. The number of nitrogens with one attached hydrogen (secondary N) is 3. The summed E-state index contributed by atoms with van der Waals surface area (Å²) in [5.41, 5.74) is 1.05. The van der Waals surface area contributed by atoms with Crippen LogP contribution in [0.1, 0.15) is 75.5 Å². The van der Waals surface area contributed by atoms with Crippen LogP contribution in [0, 0.1) is 12.8 Å². The average Bonchev–Trinajstić information content (AvgIpc) is 3.50. The number of benzene rings is 2. The molecule has 2 atom stereocenters. The molecule has 1 aliphatic carbocycles.